The van der Waals surface area contributed by atoms with E-state index in [1.165, 1.54) is 6.08 Å². The number of benzene rings is 2. The molecule has 1 N–H and O–H groups in total. The second-order valence-electron chi connectivity index (χ2n) is 4.77. The zero-order valence-electron chi connectivity index (χ0n) is 12.2. The maximum atomic E-state index is 12.1. The van der Waals surface area contributed by atoms with E-state index < -0.39 is 5.97 Å². The molecular formula is C18H15BrO4. The van der Waals surface area contributed by atoms with Gasteiger partial charge in [0.1, 0.15) is 5.75 Å². The van der Waals surface area contributed by atoms with Gasteiger partial charge in [0.25, 0.3) is 0 Å². The molecule has 118 valence electrons. The second-order valence-corrected chi connectivity index (χ2v) is 5.68. The van der Waals surface area contributed by atoms with Crippen LogP contribution < -0.4 is 4.74 Å². The fraction of sp³-hybridized carbons (Fsp3) is 0.111. The van der Waals surface area contributed by atoms with Crippen LogP contribution in [-0.2, 0) is 4.79 Å². The number of ether oxygens (including phenoxy) is 1. The highest BCUT2D eigenvalue weighted by Crippen LogP contribution is 2.16. The Labute approximate surface area is 142 Å². The number of halogens is 1. The van der Waals surface area contributed by atoms with E-state index in [0.717, 1.165) is 10.0 Å². The maximum absolute atomic E-state index is 12.1. The normalized spacial score (nSPS) is 10.7. The van der Waals surface area contributed by atoms with Crippen molar-refractivity contribution in [3.63, 3.8) is 0 Å². The first-order chi connectivity index (χ1) is 11.0. The third-order valence-corrected chi connectivity index (χ3v) is 3.53. The van der Waals surface area contributed by atoms with Crippen LogP contribution in [0.1, 0.15) is 22.3 Å². The second kappa shape index (κ2) is 8.29. The number of carboxylic acid groups (broad SMARTS) is 1. The van der Waals surface area contributed by atoms with Crippen LogP contribution >= 0.6 is 15.9 Å². The Balaban J connectivity index is 2.00. The summed E-state index contributed by atoms with van der Waals surface area (Å²) in [5.41, 5.74) is 1.42. The maximum Gasteiger partial charge on any atom is 0.306 e. The monoisotopic (exact) mass is 374 g/mol. The number of hydrogen-bond donors (Lipinski definition) is 1. The Morgan fingerprint density at radius 1 is 1.13 bits per heavy atom. The van der Waals surface area contributed by atoms with E-state index in [1.54, 1.807) is 36.4 Å². The van der Waals surface area contributed by atoms with Crippen LogP contribution in [0.2, 0.25) is 0 Å². The highest BCUT2D eigenvalue weighted by molar-refractivity contribution is 9.10. The van der Waals surface area contributed by atoms with E-state index in [2.05, 4.69) is 15.9 Å². The quantitative estimate of drug-likeness (QED) is 0.582. The van der Waals surface area contributed by atoms with E-state index in [9.17, 15) is 9.59 Å². The smallest absolute Gasteiger partial charge is 0.306 e. The number of hydrogen-bond acceptors (Lipinski definition) is 3. The molecule has 0 aromatic heterocycles. The molecule has 5 heteroatoms. The van der Waals surface area contributed by atoms with Crippen molar-refractivity contribution in [2.75, 3.05) is 6.61 Å². The number of allylic oxidation sites excluding steroid dienone is 1. The van der Waals surface area contributed by atoms with Crippen LogP contribution in [0.3, 0.4) is 0 Å². The molecule has 0 heterocycles. The molecule has 23 heavy (non-hydrogen) atoms. The molecule has 0 amide bonds. The van der Waals surface area contributed by atoms with Gasteiger partial charge in [-0.15, -0.1) is 0 Å². The van der Waals surface area contributed by atoms with Gasteiger partial charge in [-0.3, -0.25) is 9.59 Å². The molecule has 0 aliphatic carbocycles. The number of aliphatic carboxylic acids is 1. The third kappa shape index (κ3) is 5.71. The minimum atomic E-state index is -0.902. The summed E-state index contributed by atoms with van der Waals surface area (Å²) in [4.78, 5) is 22.5. The summed E-state index contributed by atoms with van der Waals surface area (Å²) in [5.74, 6) is -0.416. The molecule has 2 aromatic rings. The Kier molecular flexibility index (Phi) is 6.11. The van der Waals surface area contributed by atoms with Crippen molar-refractivity contribution in [2.24, 2.45) is 0 Å². The molecule has 0 unspecified atom stereocenters. The fourth-order valence-electron chi connectivity index (χ4n) is 1.85. The van der Waals surface area contributed by atoms with E-state index in [4.69, 9.17) is 9.84 Å². The third-order valence-electron chi connectivity index (χ3n) is 3.00. The standard InChI is InChI=1S/C18H15BrO4/c19-15-7-5-14(6-8-15)17(20)9-4-13-2-1-3-16(12-13)23-11-10-18(21)22/h1-9,12H,10-11H2,(H,21,22). The van der Waals surface area contributed by atoms with Gasteiger partial charge >= 0.3 is 5.97 Å². The molecule has 0 aliphatic heterocycles. The molecule has 0 radical (unpaired) electrons. The van der Waals surface area contributed by atoms with Gasteiger partial charge in [-0.05, 0) is 48.0 Å². The summed E-state index contributed by atoms with van der Waals surface area (Å²) < 4.78 is 6.28. The Morgan fingerprint density at radius 2 is 1.87 bits per heavy atom. The van der Waals surface area contributed by atoms with Gasteiger partial charge in [0.2, 0.25) is 0 Å². The first kappa shape index (κ1) is 17.0. The minimum absolute atomic E-state index is 0.0535. The molecule has 0 aliphatic rings. The molecular weight excluding hydrogens is 360 g/mol. The Hall–Kier alpha value is -2.40. The lowest BCUT2D eigenvalue weighted by molar-refractivity contribution is -0.137. The zero-order valence-corrected chi connectivity index (χ0v) is 13.8. The number of carbonyl (C=O) groups excluding carboxylic acids is 1. The van der Waals surface area contributed by atoms with Crippen LogP contribution in [0.5, 0.6) is 5.75 Å². The molecule has 2 rings (SSSR count). The van der Waals surface area contributed by atoms with Crippen molar-refractivity contribution in [1.82, 2.24) is 0 Å². The van der Waals surface area contributed by atoms with Gasteiger partial charge in [-0.25, -0.2) is 0 Å². The van der Waals surface area contributed by atoms with E-state index >= 15 is 0 Å². The Morgan fingerprint density at radius 3 is 2.57 bits per heavy atom. The van der Waals surface area contributed by atoms with Gasteiger partial charge in [-0.2, -0.15) is 0 Å². The number of carbonyl (C=O) groups is 2. The molecule has 0 saturated heterocycles. The van der Waals surface area contributed by atoms with Crippen LogP contribution in [0.4, 0.5) is 0 Å². The van der Waals surface area contributed by atoms with Crippen molar-refractivity contribution < 1.29 is 19.4 Å². The van der Waals surface area contributed by atoms with Gasteiger partial charge in [-0.1, -0.05) is 34.1 Å². The molecule has 0 atom stereocenters. The largest absolute Gasteiger partial charge is 0.493 e. The predicted molar refractivity (Wildman–Crippen MR) is 91.7 cm³/mol. The van der Waals surface area contributed by atoms with Crippen LogP contribution in [0.25, 0.3) is 6.08 Å². The van der Waals surface area contributed by atoms with Gasteiger partial charge in [0, 0.05) is 10.0 Å². The SMILES string of the molecule is O=C(O)CCOc1cccc(C=CC(=O)c2ccc(Br)cc2)c1. The molecule has 4 nitrogen and oxygen atoms in total. The lowest BCUT2D eigenvalue weighted by atomic mass is 10.1. The number of ketones is 1. The average molecular weight is 375 g/mol. The van der Waals surface area contributed by atoms with E-state index in [1.807, 2.05) is 18.2 Å². The summed E-state index contributed by atoms with van der Waals surface area (Å²) in [7, 11) is 0. The molecule has 0 saturated carbocycles. The highest BCUT2D eigenvalue weighted by atomic mass is 79.9. The molecule has 0 spiro atoms. The molecule has 0 bridgehead atoms. The lowest BCUT2D eigenvalue weighted by Crippen LogP contribution is -2.04. The molecule has 0 fully saturated rings. The summed E-state index contributed by atoms with van der Waals surface area (Å²) in [6.07, 6.45) is 3.15. The fourth-order valence-corrected chi connectivity index (χ4v) is 2.11. The van der Waals surface area contributed by atoms with Crippen molar-refractivity contribution in [2.45, 2.75) is 6.42 Å². The van der Waals surface area contributed by atoms with Gasteiger partial charge in [0.05, 0.1) is 13.0 Å². The summed E-state index contributed by atoms with van der Waals surface area (Å²) in [5, 5.41) is 8.59. The van der Waals surface area contributed by atoms with Crippen LogP contribution in [0, 0.1) is 0 Å². The predicted octanol–water partition coefficient (Wildman–Crippen LogP) is 4.20. The van der Waals surface area contributed by atoms with Gasteiger partial charge < -0.3 is 9.84 Å². The first-order valence-corrected chi connectivity index (χ1v) is 7.76. The number of carboxylic acids is 1. The van der Waals surface area contributed by atoms with E-state index in [0.29, 0.717) is 11.3 Å². The zero-order chi connectivity index (χ0) is 16.7. The van der Waals surface area contributed by atoms with Crippen LogP contribution in [-0.4, -0.2) is 23.5 Å². The lowest BCUT2D eigenvalue weighted by Gasteiger charge is -2.05. The minimum Gasteiger partial charge on any atom is -0.493 e. The van der Waals surface area contributed by atoms with Crippen molar-refractivity contribution >= 4 is 33.8 Å². The summed E-state index contributed by atoms with van der Waals surface area (Å²) in [6, 6.07) is 14.3. The molecule has 2 aromatic carbocycles. The highest BCUT2D eigenvalue weighted by Gasteiger charge is 2.02. The van der Waals surface area contributed by atoms with Gasteiger partial charge in [0.15, 0.2) is 5.78 Å². The van der Waals surface area contributed by atoms with Crippen LogP contribution in [0.15, 0.2) is 59.1 Å². The first-order valence-electron chi connectivity index (χ1n) is 6.97. The van der Waals surface area contributed by atoms with Crippen molar-refractivity contribution in [1.29, 1.82) is 0 Å². The van der Waals surface area contributed by atoms with Crippen molar-refractivity contribution in [3.05, 3.63) is 70.2 Å². The summed E-state index contributed by atoms with van der Waals surface area (Å²) >= 11 is 3.33. The Bertz CT molecular complexity index is 720. The average Bonchev–Trinajstić information content (AvgIpc) is 2.53. The summed E-state index contributed by atoms with van der Waals surface area (Å²) in [6.45, 7) is 0.111. The van der Waals surface area contributed by atoms with E-state index in [-0.39, 0.29) is 18.8 Å². The topological polar surface area (TPSA) is 63.6 Å². The number of rotatable bonds is 7. The van der Waals surface area contributed by atoms with Crippen molar-refractivity contribution in [3.8, 4) is 5.75 Å².